The minimum atomic E-state index is -3.50. The molecule has 1 aliphatic heterocycles. The lowest BCUT2D eigenvalue weighted by Gasteiger charge is -2.37. The van der Waals surface area contributed by atoms with Crippen molar-refractivity contribution in [1.29, 1.82) is 5.26 Å². The lowest BCUT2D eigenvalue weighted by atomic mass is 9.77. The Bertz CT molecular complexity index is 537. The Hall–Kier alpha value is -1.33. The highest BCUT2D eigenvalue weighted by Crippen LogP contribution is 2.34. The van der Waals surface area contributed by atoms with Crippen LogP contribution in [0.3, 0.4) is 0 Å². The van der Waals surface area contributed by atoms with Gasteiger partial charge in [-0.25, -0.2) is 4.79 Å². The van der Waals surface area contributed by atoms with Crippen molar-refractivity contribution < 1.29 is 22.1 Å². The summed E-state index contributed by atoms with van der Waals surface area (Å²) in [5.74, 6) is 0. The lowest BCUT2D eigenvalue weighted by molar-refractivity contribution is 0.0135. The topological polar surface area (TPSA) is 96.7 Å². The Kier molecular flexibility index (Phi) is 5.82. The summed E-state index contributed by atoms with van der Waals surface area (Å²) in [6, 6.07) is 2.26. The molecule has 0 atom stereocenters. The number of rotatable bonds is 4. The van der Waals surface area contributed by atoms with Crippen molar-refractivity contribution in [3.63, 3.8) is 0 Å². The van der Waals surface area contributed by atoms with Crippen LogP contribution in [0.5, 0.6) is 0 Å². The molecule has 1 saturated heterocycles. The molecule has 0 aromatic carbocycles. The number of likely N-dealkylation sites (tertiary alicyclic amines) is 1. The highest BCUT2D eigenvalue weighted by atomic mass is 32.2. The van der Waals surface area contributed by atoms with Gasteiger partial charge in [-0.15, -0.1) is 0 Å². The van der Waals surface area contributed by atoms with Gasteiger partial charge in [-0.2, -0.15) is 13.7 Å². The Morgan fingerprint density at radius 3 is 2.27 bits per heavy atom. The van der Waals surface area contributed by atoms with Crippen LogP contribution in [-0.2, 0) is 19.0 Å². The number of ether oxygens (including phenoxy) is 1. The van der Waals surface area contributed by atoms with Crippen LogP contribution in [0.4, 0.5) is 4.79 Å². The minimum absolute atomic E-state index is 0.0150. The van der Waals surface area contributed by atoms with Crippen LogP contribution < -0.4 is 0 Å². The van der Waals surface area contributed by atoms with E-state index in [0.29, 0.717) is 32.4 Å². The van der Waals surface area contributed by atoms with Gasteiger partial charge in [0.15, 0.2) is 0 Å². The van der Waals surface area contributed by atoms with E-state index >= 15 is 0 Å². The van der Waals surface area contributed by atoms with Crippen molar-refractivity contribution in [2.24, 2.45) is 5.41 Å². The molecule has 0 aliphatic carbocycles. The molecule has 1 fully saturated rings. The van der Waals surface area contributed by atoms with Gasteiger partial charge in [0.25, 0.3) is 10.1 Å². The smallest absolute Gasteiger partial charge is 0.410 e. The molecule has 0 N–H and O–H groups in total. The molecule has 0 radical (unpaired) electrons. The molecule has 0 spiro atoms. The average molecular weight is 332 g/mol. The summed E-state index contributed by atoms with van der Waals surface area (Å²) in [6.07, 6.45) is 1.90. The van der Waals surface area contributed by atoms with Crippen LogP contribution in [0.2, 0.25) is 0 Å². The Morgan fingerprint density at radius 1 is 1.32 bits per heavy atom. The van der Waals surface area contributed by atoms with Crippen LogP contribution >= 0.6 is 0 Å². The normalized spacial score (nSPS) is 18.6. The van der Waals surface area contributed by atoms with Gasteiger partial charge in [-0.3, -0.25) is 4.18 Å². The molecule has 126 valence electrons. The molecular formula is C14H24N2O5S. The van der Waals surface area contributed by atoms with Crippen molar-refractivity contribution >= 4 is 16.2 Å². The summed E-state index contributed by atoms with van der Waals surface area (Å²) in [4.78, 5) is 13.6. The van der Waals surface area contributed by atoms with Crippen LogP contribution in [-0.4, -0.2) is 51.0 Å². The van der Waals surface area contributed by atoms with E-state index in [1.165, 1.54) is 0 Å². The number of nitriles is 1. The SMILES string of the molecule is CC(C)(C)OC(=O)N1CCC(C#N)(CCOS(C)(=O)=O)CC1. The highest BCUT2D eigenvalue weighted by Gasteiger charge is 2.37. The third-order valence-corrected chi connectivity index (χ3v) is 4.08. The molecule has 1 heterocycles. The first-order valence-corrected chi connectivity index (χ1v) is 9.02. The largest absolute Gasteiger partial charge is 0.444 e. The molecule has 1 amide bonds. The second-order valence-corrected chi connectivity index (χ2v) is 8.28. The first kappa shape index (κ1) is 18.7. The molecule has 8 heteroatoms. The fourth-order valence-corrected chi connectivity index (χ4v) is 2.64. The molecule has 0 unspecified atom stereocenters. The summed E-state index contributed by atoms with van der Waals surface area (Å²) in [5.41, 5.74) is -1.20. The van der Waals surface area contributed by atoms with Crippen LogP contribution in [0.1, 0.15) is 40.0 Å². The van der Waals surface area contributed by atoms with Gasteiger partial charge in [0.2, 0.25) is 0 Å². The summed E-state index contributed by atoms with van der Waals surface area (Å²) in [6.45, 7) is 6.23. The quantitative estimate of drug-likeness (QED) is 0.729. The first-order chi connectivity index (χ1) is 9.96. The van der Waals surface area contributed by atoms with Crippen molar-refractivity contribution in [1.82, 2.24) is 4.90 Å². The van der Waals surface area contributed by atoms with E-state index in [1.54, 1.807) is 25.7 Å². The predicted molar refractivity (Wildman–Crippen MR) is 80.5 cm³/mol. The van der Waals surface area contributed by atoms with Gasteiger partial charge in [0.05, 0.1) is 24.3 Å². The number of nitrogens with zero attached hydrogens (tertiary/aromatic N) is 2. The van der Waals surface area contributed by atoms with Crippen molar-refractivity contribution in [3.05, 3.63) is 0 Å². The van der Waals surface area contributed by atoms with Crippen molar-refractivity contribution in [2.75, 3.05) is 26.0 Å². The van der Waals surface area contributed by atoms with Gasteiger partial charge < -0.3 is 9.64 Å². The molecule has 0 saturated carbocycles. The number of hydrogen-bond donors (Lipinski definition) is 0. The van der Waals surface area contributed by atoms with Gasteiger partial charge in [-0.1, -0.05) is 0 Å². The van der Waals surface area contributed by atoms with E-state index in [1.807, 2.05) is 0 Å². The molecule has 0 aromatic heterocycles. The van der Waals surface area contributed by atoms with E-state index in [0.717, 1.165) is 6.26 Å². The standard InChI is InChI=1S/C14H24N2O5S/c1-13(2,3)21-12(17)16-8-5-14(11-15,6-9-16)7-10-20-22(4,18)19/h5-10H2,1-4H3. The summed E-state index contributed by atoms with van der Waals surface area (Å²) >= 11 is 0. The Labute approximate surface area is 132 Å². The molecule has 1 rings (SSSR count). The number of carbonyl (C=O) groups excluding carboxylic acids is 1. The minimum Gasteiger partial charge on any atom is -0.444 e. The fraction of sp³-hybridized carbons (Fsp3) is 0.857. The monoisotopic (exact) mass is 332 g/mol. The molecule has 1 aliphatic rings. The molecular weight excluding hydrogens is 308 g/mol. The van der Waals surface area contributed by atoms with Crippen LogP contribution in [0.15, 0.2) is 0 Å². The fourth-order valence-electron chi connectivity index (χ4n) is 2.25. The van der Waals surface area contributed by atoms with Gasteiger partial charge in [0.1, 0.15) is 5.60 Å². The van der Waals surface area contributed by atoms with E-state index in [9.17, 15) is 18.5 Å². The maximum absolute atomic E-state index is 12.0. The number of hydrogen-bond acceptors (Lipinski definition) is 6. The highest BCUT2D eigenvalue weighted by molar-refractivity contribution is 7.85. The van der Waals surface area contributed by atoms with Gasteiger partial charge >= 0.3 is 6.09 Å². The zero-order chi connectivity index (χ0) is 17.0. The van der Waals surface area contributed by atoms with Gasteiger partial charge in [-0.05, 0) is 40.0 Å². The second-order valence-electron chi connectivity index (χ2n) is 6.64. The summed E-state index contributed by atoms with van der Waals surface area (Å²) < 4.78 is 32.0. The van der Waals surface area contributed by atoms with Crippen molar-refractivity contribution in [2.45, 2.75) is 45.6 Å². The molecule has 7 nitrogen and oxygen atoms in total. The number of amides is 1. The Balaban J connectivity index is 2.54. The lowest BCUT2D eigenvalue weighted by Crippen LogP contribution is -2.45. The van der Waals surface area contributed by atoms with Crippen molar-refractivity contribution in [3.8, 4) is 6.07 Å². The van der Waals surface area contributed by atoms with E-state index in [4.69, 9.17) is 8.92 Å². The maximum atomic E-state index is 12.0. The van der Waals surface area contributed by atoms with E-state index in [-0.39, 0.29) is 12.7 Å². The third-order valence-electron chi connectivity index (χ3n) is 3.49. The van der Waals surface area contributed by atoms with E-state index in [2.05, 4.69) is 6.07 Å². The third kappa shape index (κ3) is 6.20. The summed E-state index contributed by atoms with van der Waals surface area (Å²) in [5, 5.41) is 9.39. The predicted octanol–water partition coefficient (Wildman–Crippen LogP) is 1.89. The first-order valence-electron chi connectivity index (χ1n) is 7.20. The molecule has 0 bridgehead atoms. The van der Waals surface area contributed by atoms with Gasteiger partial charge in [0, 0.05) is 13.1 Å². The second kappa shape index (κ2) is 6.84. The summed E-state index contributed by atoms with van der Waals surface area (Å²) in [7, 11) is -3.50. The molecule has 22 heavy (non-hydrogen) atoms. The molecule has 0 aromatic rings. The zero-order valence-electron chi connectivity index (χ0n) is 13.6. The maximum Gasteiger partial charge on any atom is 0.410 e. The average Bonchev–Trinajstić information content (AvgIpc) is 2.36. The van der Waals surface area contributed by atoms with Crippen LogP contribution in [0.25, 0.3) is 0 Å². The van der Waals surface area contributed by atoms with Crippen LogP contribution in [0, 0.1) is 16.7 Å². The number of carbonyl (C=O) groups is 1. The van der Waals surface area contributed by atoms with E-state index < -0.39 is 21.1 Å². The Morgan fingerprint density at radius 2 is 1.86 bits per heavy atom. The zero-order valence-corrected chi connectivity index (χ0v) is 14.4. The number of piperidine rings is 1.